The van der Waals surface area contributed by atoms with Gasteiger partial charge in [-0.25, -0.2) is 0 Å². The minimum Gasteiger partial charge on any atom is -0.379 e. The summed E-state index contributed by atoms with van der Waals surface area (Å²) >= 11 is 1.82. The highest BCUT2D eigenvalue weighted by molar-refractivity contribution is 7.10. The van der Waals surface area contributed by atoms with Gasteiger partial charge in [0.05, 0.1) is 12.1 Å². The maximum atomic E-state index is 5.67. The van der Waals surface area contributed by atoms with Crippen LogP contribution in [0, 0.1) is 6.92 Å². The number of thiophene rings is 1. The van der Waals surface area contributed by atoms with E-state index in [9.17, 15) is 0 Å². The molecule has 3 heteroatoms. The zero-order valence-electron chi connectivity index (χ0n) is 11.5. The van der Waals surface area contributed by atoms with E-state index in [1.807, 2.05) is 18.4 Å². The standard InChI is InChI=1S/C14H25NOS/c1-5-7-13(16-4)14(15-9-6-2)12-8-10-17-11(12)3/h8,10,13-15H,5-7,9H2,1-4H3. The summed E-state index contributed by atoms with van der Waals surface area (Å²) in [4.78, 5) is 1.40. The van der Waals surface area contributed by atoms with Crippen LogP contribution in [0.15, 0.2) is 11.4 Å². The van der Waals surface area contributed by atoms with Crippen molar-refractivity contribution in [1.82, 2.24) is 5.32 Å². The second kappa shape index (κ2) is 7.85. The Kier molecular flexibility index (Phi) is 6.78. The summed E-state index contributed by atoms with van der Waals surface area (Å²) in [5.74, 6) is 0. The van der Waals surface area contributed by atoms with Crippen LogP contribution in [-0.2, 0) is 4.74 Å². The first kappa shape index (κ1) is 14.7. The van der Waals surface area contributed by atoms with Crippen molar-refractivity contribution in [2.45, 2.75) is 52.2 Å². The van der Waals surface area contributed by atoms with Gasteiger partial charge >= 0.3 is 0 Å². The van der Waals surface area contributed by atoms with E-state index in [0.29, 0.717) is 6.04 Å². The Labute approximate surface area is 109 Å². The van der Waals surface area contributed by atoms with Gasteiger partial charge in [0.15, 0.2) is 0 Å². The van der Waals surface area contributed by atoms with Gasteiger partial charge in [-0.05, 0) is 43.3 Å². The van der Waals surface area contributed by atoms with E-state index in [-0.39, 0.29) is 6.10 Å². The minimum atomic E-state index is 0.278. The molecular formula is C14H25NOS. The van der Waals surface area contributed by atoms with Gasteiger partial charge in [-0.2, -0.15) is 0 Å². The second-order valence-corrected chi connectivity index (χ2v) is 5.55. The molecule has 0 radical (unpaired) electrons. The lowest BCUT2D eigenvalue weighted by molar-refractivity contribution is 0.0605. The summed E-state index contributed by atoms with van der Waals surface area (Å²) in [6, 6.07) is 2.57. The number of hydrogen-bond donors (Lipinski definition) is 1. The van der Waals surface area contributed by atoms with E-state index in [0.717, 1.165) is 25.8 Å². The van der Waals surface area contributed by atoms with Gasteiger partial charge in [-0.1, -0.05) is 20.3 Å². The number of aryl methyl sites for hydroxylation is 1. The van der Waals surface area contributed by atoms with E-state index in [2.05, 4.69) is 37.5 Å². The maximum absolute atomic E-state index is 5.67. The van der Waals surface area contributed by atoms with Crippen molar-refractivity contribution < 1.29 is 4.74 Å². The summed E-state index contributed by atoms with van der Waals surface area (Å²) < 4.78 is 5.67. The summed E-state index contributed by atoms with van der Waals surface area (Å²) in [5.41, 5.74) is 1.41. The predicted molar refractivity (Wildman–Crippen MR) is 75.8 cm³/mol. The number of hydrogen-bond acceptors (Lipinski definition) is 3. The zero-order chi connectivity index (χ0) is 12.7. The van der Waals surface area contributed by atoms with Crippen molar-refractivity contribution in [3.05, 3.63) is 21.9 Å². The first-order valence-electron chi connectivity index (χ1n) is 6.54. The predicted octanol–water partition coefficient (Wildman–Crippen LogP) is 3.91. The summed E-state index contributed by atoms with van der Waals surface area (Å²) in [7, 11) is 1.82. The van der Waals surface area contributed by atoms with Gasteiger partial charge in [-0.3, -0.25) is 0 Å². The average molecular weight is 255 g/mol. The van der Waals surface area contributed by atoms with E-state index in [1.165, 1.54) is 10.4 Å². The first-order chi connectivity index (χ1) is 8.24. The molecular weight excluding hydrogens is 230 g/mol. The molecule has 0 fully saturated rings. The molecule has 2 nitrogen and oxygen atoms in total. The molecule has 1 rings (SSSR count). The Morgan fingerprint density at radius 2 is 2.12 bits per heavy atom. The van der Waals surface area contributed by atoms with Gasteiger partial charge in [0.2, 0.25) is 0 Å². The normalized spacial score (nSPS) is 14.8. The molecule has 0 aliphatic heterocycles. The van der Waals surface area contributed by atoms with Crippen LogP contribution < -0.4 is 5.32 Å². The van der Waals surface area contributed by atoms with Crippen LogP contribution in [0.2, 0.25) is 0 Å². The van der Waals surface area contributed by atoms with Crippen LogP contribution in [-0.4, -0.2) is 19.8 Å². The van der Waals surface area contributed by atoms with Crippen LogP contribution in [0.4, 0.5) is 0 Å². The van der Waals surface area contributed by atoms with E-state index in [4.69, 9.17) is 4.74 Å². The van der Waals surface area contributed by atoms with E-state index in [1.54, 1.807) is 0 Å². The molecule has 2 unspecified atom stereocenters. The first-order valence-corrected chi connectivity index (χ1v) is 7.42. The molecule has 1 N–H and O–H groups in total. The lowest BCUT2D eigenvalue weighted by Gasteiger charge is -2.27. The van der Waals surface area contributed by atoms with Crippen LogP contribution in [0.25, 0.3) is 0 Å². The van der Waals surface area contributed by atoms with Gasteiger partial charge in [0.1, 0.15) is 0 Å². The smallest absolute Gasteiger partial charge is 0.0766 e. The van der Waals surface area contributed by atoms with Gasteiger partial charge < -0.3 is 10.1 Å². The van der Waals surface area contributed by atoms with Crippen molar-refractivity contribution in [3.63, 3.8) is 0 Å². The molecule has 0 spiro atoms. The number of ether oxygens (including phenoxy) is 1. The number of nitrogens with one attached hydrogen (secondary N) is 1. The highest BCUT2D eigenvalue weighted by Crippen LogP contribution is 2.28. The maximum Gasteiger partial charge on any atom is 0.0766 e. The molecule has 0 aromatic carbocycles. The van der Waals surface area contributed by atoms with Crippen LogP contribution in [0.1, 0.15) is 49.6 Å². The fraction of sp³-hybridized carbons (Fsp3) is 0.714. The Morgan fingerprint density at radius 3 is 2.59 bits per heavy atom. The Hall–Kier alpha value is -0.380. The quantitative estimate of drug-likeness (QED) is 0.760. The molecule has 0 amide bonds. The largest absolute Gasteiger partial charge is 0.379 e. The lowest BCUT2D eigenvalue weighted by atomic mass is 9.98. The molecule has 1 aromatic heterocycles. The third kappa shape index (κ3) is 4.09. The van der Waals surface area contributed by atoms with E-state index >= 15 is 0 Å². The molecule has 0 saturated heterocycles. The van der Waals surface area contributed by atoms with Crippen molar-refractivity contribution in [2.75, 3.05) is 13.7 Å². The summed E-state index contributed by atoms with van der Waals surface area (Å²) in [6.45, 7) is 7.65. The third-order valence-corrected chi connectivity index (χ3v) is 3.96. The SMILES string of the molecule is CCCNC(c1ccsc1C)C(CCC)OC. The lowest BCUT2D eigenvalue weighted by Crippen LogP contribution is -2.34. The summed E-state index contributed by atoms with van der Waals surface area (Å²) in [6.07, 6.45) is 3.70. The Morgan fingerprint density at radius 1 is 1.35 bits per heavy atom. The summed E-state index contributed by atoms with van der Waals surface area (Å²) in [5, 5.41) is 5.80. The number of methoxy groups -OCH3 is 1. The molecule has 1 heterocycles. The molecule has 17 heavy (non-hydrogen) atoms. The molecule has 0 bridgehead atoms. The van der Waals surface area contributed by atoms with Gasteiger partial charge in [0, 0.05) is 12.0 Å². The van der Waals surface area contributed by atoms with Gasteiger partial charge in [0.25, 0.3) is 0 Å². The van der Waals surface area contributed by atoms with Crippen molar-refractivity contribution in [1.29, 1.82) is 0 Å². The Bertz CT molecular complexity index is 311. The average Bonchev–Trinajstić information content (AvgIpc) is 2.75. The fourth-order valence-corrected chi connectivity index (χ4v) is 2.91. The van der Waals surface area contributed by atoms with Crippen LogP contribution in [0.5, 0.6) is 0 Å². The third-order valence-electron chi connectivity index (χ3n) is 3.10. The second-order valence-electron chi connectivity index (χ2n) is 4.43. The highest BCUT2D eigenvalue weighted by Gasteiger charge is 2.23. The van der Waals surface area contributed by atoms with E-state index < -0.39 is 0 Å². The van der Waals surface area contributed by atoms with Crippen LogP contribution >= 0.6 is 11.3 Å². The monoisotopic (exact) mass is 255 g/mol. The molecule has 2 atom stereocenters. The molecule has 1 aromatic rings. The molecule has 0 saturated carbocycles. The number of rotatable bonds is 8. The van der Waals surface area contributed by atoms with Gasteiger partial charge in [-0.15, -0.1) is 11.3 Å². The highest BCUT2D eigenvalue weighted by atomic mass is 32.1. The topological polar surface area (TPSA) is 21.3 Å². The molecule has 98 valence electrons. The fourth-order valence-electron chi connectivity index (χ4n) is 2.16. The van der Waals surface area contributed by atoms with Crippen molar-refractivity contribution >= 4 is 11.3 Å². The van der Waals surface area contributed by atoms with Crippen LogP contribution in [0.3, 0.4) is 0 Å². The Balaban J connectivity index is 2.82. The molecule has 0 aliphatic rings. The minimum absolute atomic E-state index is 0.278. The zero-order valence-corrected chi connectivity index (χ0v) is 12.3. The molecule has 0 aliphatic carbocycles. The van der Waals surface area contributed by atoms with Crippen molar-refractivity contribution in [3.8, 4) is 0 Å². The van der Waals surface area contributed by atoms with Crippen molar-refractivity contribution in [2.24, 2.45) is 0 Å².